The quantitative estimate of drug-likeness (QED) is 0.573. The van der Waals surface area contributed by atoms with Gasteiger partial charge in [0, 0.05) is 10.9 Å². The number of benzene rings is 1. The lowest BCUT2D eigenvalue weighted by Crippen LogP contribution is -1.98. The van der Waals surface area contributed by atoms with E-state index in [1.807, 2.05) is 30.0 Å². The van der Waals surface area contributed by atoms with Crippen molar-refractivity contribution >= 4 is 44.9 Å². The zero-order valence-corrected chi connectivity index (χ0v) is 13.6. The highest BCUT2D eigenvalue weighted by Crippen LogP contribution is 2.42. The van der Waals surface area contributed by atoms with Crippen molar-refractivity contribution < 1.29 is 0 Å². The Kier molecular flexibility index (Phi) is 3.61. The van der Waals surface area contributed by atoms with Gasteiger partial charge < -0.3 is 0 Å². The first kappa shape index (κ1) is 13.6. The van der Waals surface area contributed by atoms with Gasteiger partial charge in [0.25, 0.3) is 0 Å². The van der Waals surface area contributed by atoms with Crippen LogP contribution >= 0.6 is 34.7 Å². The Morgan fingerprint density at radius 3 is 2.76 bits per heavy atom. The highest BCUT2D eigenvalue weighted by molar-refractivity contribution is 7.99. The fourth-order valence-corrected chi connectivity index (χ4v) is 5.16. The minimum atomic E-state index is 0.411. The lowest BCUT2D eigenvalue weighted by Gasteiger charge is -2.08. The molecule has 0 N–H and O–H groups in total. The molecule has 0 radical (unpaired) electrons. The van der Waals surface area contributed by atoms with Crippen LogP contribution in [0.3, 0.4) is 0 Å². The third-order valence-electron chi connectivity index (χ3n) is 3.71. The Labute approximate surface area is 136 Å². The van der Waals surface area contributed by atoms with Gasteiger partial charge in [-0.2, -0.15) is 11.8 Å². The zero-order chi connectivity index (χ0) is 14.2. The van der Waals surface area contributed by atoms with Crippen LogP contribution in [0.4, 0.5) is 0 Å². The van der Waals surface area contributed by atoms with Crippen LogP contribution in [0.5, 0.6) is 0 Å². The predicted molar refractivity (Wildman–Crippen MR) is 92.3 cm³/mol. The third-order valence-corrected chi connectivity index (χ3v) is 6.23. The molecule has 1 aliphatic heterocycles. The summed E-state index contributed by atoms with van der Waals surface area (Å²) in [6.07, 6.45) is 2.40. The summed E-state index contributed by atoms with van der Waals surface area (Å²) in [5.74, 6) is 2.10. The number of aromatic nitrogens is 2. The van der Waals surface area contributed by atoms with Crippen LogP contribution in [0.25, 0.3) is 21.3 Å². The van der Waals surface area contributed by atoms with Crippen molar-refractivity contribution in [3.05, 3.63) is 46.7 Å². The zero-order valence-electron chi connectivity index (χ0n) is 11.3. The van der Waals surface area contributed by atoms with E-state index in [-0.39, 0.29) is 0 Å². The fourth-order valence-electron chi connectivity index (χ4n) is 2.67. The minimum Gasteiger partial charge on any atom is -0.221 e. The van der Waals surface area contributed by atoms with Gasteiger partial charge >= 0.3 is 0 Å². The molecule has 0 aliphatic carbocycles. The molecule has 2 nitrogen and oxygen atoms in total. The van der Waals surface area contributed by atoms with E-state index in [1.165, 1.54) is 12.2 Å². The van der Waals surface area contributed by atoms with Gasteiger partial charge in [0.15, 0.2) is 0 Å². The van der Waals surface area contributed by atoms with Gasteiger partial charge in [-0.05, 0) is 24.2 Å². The van der Waals surface area contributed by atoms with Crippen LogP contribution in [-0.4, -0.2) is 15.7 Å². The van der Waals surface area contributed by atoms with Crippen molar-refractivity contribution in [3.63, 3.8) is 0 Å². The van der Waals surface area contributed by atoms with Crippen LogP contribution in [0, 0.1) is 0 Å². The fraction of sp³-hybridized carbons (Fsp3) is 0.250. The van der Waals surface area contributed by atoms with Crippen molar-refractivity contribution in [1.29, 1.82) is 0 Å². The molecule has 1 atom stereocenters. The molecule has 2 aromatic heterocycles. The molecule has 1 fully saturated rings. The summed E-state index contributed by atoms with van der Waals surface area (Å²) in [5.41, 5.74) is 2.29. The Balaban J connectivity index is 1.85. The standard InChI is InChI=1S/C16H13ClN2S2/c17-14-13-11(10-5-2-1-3-6-10)9-21-16(13)19-15(18-14)12-7-4-8-20-12/h1-3,5-6,9,12H,4,7-8H2. The van der Waals surface area contributed by atoms with Gasteiger partial charge in [-0.15, -0.1) is 11.3 Å². The van der Waals surface area contributed by atoms with E-state index in [0.29, 0.717) is 10.4 Å². The Morgan fingerprint density at radius 2 is 2.00 bits per heavy atom. The van der Waals surface area contributed by atoms with Crippen molar-refractivity contribution in [1.82, 2.24) is 9.97 Å². The summed E-state index contributed by atoms with van der Waals surface area (Å²) >= 11 is 10.1. The maximum absolute atomic E-state index is 6.48. The van der Waals surface area contributed by atoms with E-state index in [1.54, 1.807) is 11.3 Å². The van der Waals surface area contributed by atoms with Crippen LogP contribution in [0.1, 0.15) is 23.9 Å². The Bertz CT molecular complexity index is 780. The molecular weight excluding hydrogens is 320 g/mol. The molecule has 5 heteroatoms. The first-order valence-electron chi connectivity index (χ1n) is 6.94. The second-order valence-corrected chi connectivity index (χ2v) is 7.60. The molecule has 21 heavy (non-hydrogen) atoms. The normalized spacial score (nSPS) is 18.4. The lowest BCUT2D eigenvalue weighted by molar-refractivity contribution is 0.783. The third kappa shape index (κ3) is 2.45. The van der Waals surface area contributed by atoms with Crippen molar-refractivity contribution in [2.75, 3.05) is 5.75 Å². The highest BCUT2D eigenvalue weighted by atomic mass is 35.5. The second kappa shape index (κ2) is 5.59. The Morgan fingerprint density at radius 1 is 1.14 bits per heavy atom. The predicted octanol–water partition coefficient (Wildman–Crippen LogP) is 5.58. The van der Waals surface area contributed by atoms with Gasteiger partial charge in [0.1, 0.15) is 15.8 Å². The van der Waals surface area contributed by atoms with Crippen molar-refractivity contribution in [2.24, 2.45) is 0 Å². The van der Waals surface area contributed by atoms with Crippen LogP contribution in [0.15, 0.2) is 35.7 Å². The van der Waals surface area contributed by atoms with E-state index >= 15 is 0 Å². The summed E-state index contributed by atoms with van der Waals surface area (Å²) < 4.78 is 0. The molecule has 1 unspecified atom stereocenters. The highest BCUT2D eigenvalue weighted by Gasteiger charge is 2.23. The van der Waals surface area contributed by atoms with Crippen LogP contribution < -0.4 is 0 Å². The van der Waals surface area contributed by atoms with E-state index < -0.39 is 0 Å². The smallest absolute Gasteiger partial charge is 0.144 e. The van der Waals surface area contributed by atoms with Gasteiger partial charge in [-0.25, -0.2) is 9.97 Å². The van der Waals surface area contributed by atoms with Crippen LogP contribution in [-0.2, 0) is 0 Å². The number of halogens is 1. The second-order valence-electron chi connectivity index (χ2n) is 5.07. The molecule has 4 rings (SSSR count). The first-order valence-corrected chi connectivity index (χ1v) is 9.25. The molecule has 0 amide bonds. The summed E-state index contributed by atoms with van der Waals surface area (Å²) in [7, 11) is 0. The van der Waals surface area contributed by atoms with E-state index in [9.17, 15) is 0 Å². The Hall–Kier alpha value is -1.10. The molecule has 0 bridgehead atoms. The minimum absolute atomic E-state index is 0.411. The lowest BCUT2D eigenvalue weighted by atomic mass is 10.1. The van der Waals surface area contributed by atoms with Crippen molar-refractivity contribution in [3.8, 4) is 11.1 Å². The number of hydrogen-bond donors (Lipinski definition) is 0. The molecule has 3 heterocycles. The topological polar surface area (TPSA) is 25.8 Å². The number of nitrogens with zero attached hydrogens (tertiary/aromatic N) is 2. The van der Waals surface area contributed by atoms with Gasteiger partial charge in [-0.3, -0.25) is 0 Å². The molecule has 1 aliphatic rings. The number of rotatable bonds is 2. The van der Waals surface area contributed by atoms with Crippen LogP contribution in [0.2, 0.25) is 5.15 Å². The summed E-state index contributed by atoms with van der Waals surface area (Å²) in [5, 5.41) is 4.11. The monoisotopic (exact) mass is 332 g/mol. The van der Waals surface area contributed by atoms with E-state index in [4.69, 9.17) is 16.6 Å². The van der Waals surface area contributed by atoms with Gasteiger partial charge in [0.2, 0.25) is 0 Å². The average molecular weight is 333 g/mol. The molecular formula is C16H13ClN2S2. The number of thiophene rings is 1. The number of hydrogen-bond acceptors (Lipinski definition) is 4. The number of fused-ring (bicyclic) bond motifs is 1. The number of thioether (sulfide) groups is 1. The molecule has 1 saturated heterocycles. The molecule has 0 spiro atoms. The molecule has 3 aromatic rings. The van der Waals surface area contributed by atoms with Crippen molar-refractivity contribution in [2.45, 2.75) is 18.1 Å². The van der Waals surface area contributed by atoms with Gasteiger partial charge in [-0.1, -0.05) is 41.9 Å². The average Bonchev–Trinajstić information content (AvgIpc) is 3.17. The SMILES string of the molecule is Clc1nc(C2CCCS2)nc2scc(-c3ccccc3)c12. The van der Waals surface area contributed by atoms with Gasteiger partial charge in [0.05, 0.1) is 10.6 Å². The maximum Gasteiger partial charge on any atom is 0.144 e. The largest absolute Gasteiger partial charge is 0.221 e. The molecule has 1 aromatic carbocycles. The molecule has 106 valence electrons. The summed E-state index contributed by atoms with van der Waals surface area (Å²) in [6, 6.07) is 10.3. The first-order chi connectivity index (χ1) is 10.3. The summed E-state index contributed by atoms with van der Waals surface area (Å²) in [4.78, 5) is 10.3. The maximum atomic E-state index is 6.48. The summed E-state index contributed by atoms with van der Waals surface area (Å²) in [6.45, 7) is 0. The molecule has 0 saturated carbocycles. The van der Waals surface area contributed by atoms with E-state index in [0.717, 1.165) is 33.6 Å². The van der Waals surface area contributed by atoms with E-state index in [2.05, 4.69) is 22.5 Å².